The fourth-order valence-electron chi connectivity index (χ4n) is 6.61. The van der Waals surface area contributed by atoms with Crippen molar-refractivity contribution in [2.24, 2.45) is 11.3 Å². The molecule has 300 valence electrons. The lowest BCUT2D eigenvalue weighted by molar-refractivity contribution is -0.151. The number of hydrogen-bond donors (Lipinski definition) is 2. The molecule has 0 saturated carbocycles. The second-order valence-electron chi connectivity index (χ2n) is 16.2. The van der Waals surface area contributed by atoms with Gasteiger partial charge in [-0.2, -0.15) is 0 Å². The number of methoxy groups -OCH3 is 1. The topological polar surface area (TPSA) is 103 Å². The van der Waals surface area contributed by atoms with E-state index in [4.69, 9.17) is 25.5 Å². The Morgan fingerprint density at radius 1 is 1.00 bits per heavy atom. The molecule has 0 aromatic heterocycles. The molecule has 10 heteroatoms. The molecule has 8 nitrogen and oxygen atoms in total. The van der Waals surface area contributed by atoms with Gasteiger partial charge in [0.15, 0.2) is 5.76 Å². The van der Waals surface area contributed by atoms with E-state index >= 15 is 0 Å². The second-order valence-corrected chi connectivity index (χ2v) is 21.0. The predicted molar refractivity (Wildman–Crippen MR) is 229 cm³/mol. The molecule has 1 heterocycles. The lowest BCUT2D eigenvalue weighted by Gasteiger charge is -2.45. The van der Waals surface area contributed by atoms with Crippen molar-refractivity contribution >= 4 is 48.1 Å². The maximum absolute atomic E-state index is 13.5. The SMILES string of the molecule is COC1=CC[C@@H]([C@@H](C)C=C(C)C=CC#CC(=O)N[C@H](C(=O)NC=CC[C@H](CC=C(C)Cl)O[Si](c2ccccc2)(c2ccccc2)C(C)(C)C)C(C)(C)C)OC1=O. The molecule has 1 aliphatic rings. The summed E-state index contributed by atoms with van der Waals surface area (Å²) >= 11 is 6.32. The number of halogens is 1. The fourth-order valence-corrected chi connectivity index (χ4v) is 11.4. The summed E-state index contributed by atoms with van der Waals surface area (Å²) in [4.78, 5) is 38.4. The molecule has 0 aliphatic carbocycles. The van der Waals surface area contributed by atoms with Crippen LogP contribution in [0.5, 0.6) is 0 Å². The number of allylic oxidation sites excluding steroid dienone is 4. The Morgan fingerprint density at radius 3 is 2.12 bits per heavy atom. The number of carbonyl (C=O) groups excluding carboxylic acids is 3. The van der Waals surface area contributed by atoms with Crippen LogP contribution in [0.25, 0.3) is 0 Å². The van der Waals surface area contributed by atoms with E-state index < -0.39 is 31.7 Å². The van der Waals surface area contributed by atoms with Crippen LogP contribution >= 0.6 is 11.6 Å². The molecule has 0 unspecified atom stereocenters. The van der Waals surface area contributed by atoms with Crippen molar-refractivity contribution in [2.45, 2.75) is 105 Å². The lowest BCUT2D eigenvalue weighted by atomic mass is 9.86. The molecular weight excluding hydrogens is 740 g/mol. The molecule has 2 aromatic carbocycles. The molecule has 0 saturated heterocycles. The average Bonchev–Trinajstić information content (AvgIpc) is 3.14. The van der Waals surface area contributed by atoms with Crippen molar-refractivity contribution in [3.05, 3.63) is 120 Å². The molecule has 2 N–H and O–H groups in total. The summed E-state index contributed by atoms with van der Waals surface area (Å²) in [5.74, 6) is 4.11. The Hall–Kier alpha value is -4.62. The molecular formula is C46H59ClN2O6Si. The van der Waals surface area contributed by atoms with E-state index in [1.165, 1.54) is 17.5 Å². The van der Waals surface area contributed by atoms with Crippen LogP contribution in [0.2, 0.25) is 5.04 Å². The molecule has 4 atom stereocenters. The minimum atomic E-state index is -2.85. The molecule has 3 rings (SSSR count). The molecule has 56 heavy (non-hydrogen) atoms. The monoisotopic (exact) mass is 798 g/mol. The van der Waals surface area contributed by atoms with Crippen molar-refractivity contribution in [3.63, 3.8) is 0 Å². The average molecular weight is 800 g/mol. The number of rotatable bonds is 15. The van der Waals surface area contributed by atoms with Gasteiger partial charge in [0.1, 0.15) is 12.1 Å². The first kappa shape index (κ1) is 45.8. The molecule has 1 aliphatic heterocycles. The van der Waals surface area contributed by atoms with Gasteiger partial charge in [-0.3, -0.25) is 9.59 Å². The van der Waals surface area contributed by atoms with Crippen LogP contribution in [-0.4, -0.2) is 51.5 Å². The van der Waals surface area contributed by atoms with Gasteiger partial charge in [0.25, 0.3) is 14.2 Å². The Balaban J connectivity index is 1.71. The highest BCUT2D eigenvalue weighted by Crippen LogP contribution is 2.38. The van der Waals surface area contributed by atoms with Crippen molar-refractivity contribution in [3.8, 4) is 11.8 Å². The zero-order chi connectivity index (χ0) is 41.5. The number of hydrogen-bond acceptors (Lipinski definition) is 6. The Bertz CT molecular complexity index is 1820. The van der Waals surface area contributed by atoms with Gasteiger partial charge in [0, 0.05) is 17.4 Å². The minimum absolute atomic E-state index is 0.0396. The first-order chi connectivity index (χ1) is 26.4. The lowest BCUT2D eigenvalue weighted by Crippen LogP contribution is -2.67. The standard InChI is InChI=1S/C46H59ClN2O6Si/c1-33(32-34(2)39-29-30-40(53-10)44(52)54-39)20-17-18-26-41(50)49-42(45(4,5)6)43(51)48-31-19-21-36(28-27-35(3)47)55-56(46(7,8)9,37-22-13-11-14-23-37)38-24-15-12-16-25-38/h11-17,19-20,22-25,27,30-32,34,36,39,42H,21,28-29H2,1-10H3,(H,48,51)(H,49,50)/t34-,36+,39-,42+/m0/s1. The maximum atomic E-state index is 13.5. The van der Waals surface area contributed by atoms with E-state index in [2.05, 4.69) is 91.8 Å². The van der Waals surface area contributed by atoms with Gasteiger partial charge in [0.2, 0.25) is 5.91 Å². The highest BCUT2D eigenvalue weighted by molar-refractivity contribution is 6.99. The van der Waals surface area contributed by atoms with E-state index in [9.17, 15) is 14.4 Å². The fraction of sp³-hybridized carbons (Fsp3) is 0.413. The number of cyclic esters (lactones) is 1. The van der Waals surface area contributed by atoms with Crippen LogP contribution in [0, 0.1) is 23.2 Å². The zero-order valence-electron chi connectivity index (χ0n) is 34.6. The van der Waals surface area contributed by atoms with Crippen molar-refractivity contribution in [1.82, 2.24) is 10.6 Å². The maximum Gasteiger partial charge on any atom is 0.373 e. The van der Waals surface area contributed by atoms with Crippen LogP contribution in [0.4, 0.5) is 0 Å². The smallest absolute Gasteiger partial charge is 0.373 e. The highest BCUT2D eigenvalue weighted by Gasteiger charge is 2.51. The zero-order valence-corrected chi connectivity index (χ0v) is 36.3. The van der Waals surface area contributed by atoms with E-state index in [1.54, 1.807) is 24.4 Å². The van der Waals surface area contributed by atoms with Gasteiger partial charge in [-0.05, 0) is 71.8 Å². The molecule has 0 bridgehead atoms. The summed E-state index contributed by atoms with van der Waals surface area (Å²) < 4.78 is 17.9. The largest absolute Gasteiger partial charge is 0.490 e. The summed E-state index contributed by atoms with van der Waals surface area (Å²) in [6.07, 6.45) is 13.7. The van der Waals surface area contributed by atoms with Gasteiger partial charge < -0.3 is 24.5 Å². The number of benzene rings is 2. The third-order valence-corrected chi connectivity index (χ3v) is 14.8. The number of esters is 1. The summed E-state index contributed by atoms with van der Waals surface area (Å²) in [6, 6.07) is 20.1. The van der Waals surface area contributed by atoms with Crippen molar-refractivity contribution in [1.29, 1.82) is 0 Å². The quantitative estimate of drug-likeness (QED) is 0.0820. The van der Waals surface area contributed by atoms with Crippen LogP contribution in [-0.2, 0) is 28.3 Å². The van der Waals surface area contributed by atoms with E-state index in [0.717, 1.165) is 5.57 Å². The van der Waals surface area contributed by atoms with Crippen LogP contribution in [0.3, 0.4) is 0 Å². The van der Waals surface area contributed by atoms with Crippen LogP contribution < -0.4 is 21.0 Å². The highest BCUT2D eigenvalue weighted by atomic mass is 35.5. The first-order valence-corrected chi connectivity index (χ1v) is 21.4. The molecule has 2 amide bonds. The summed E-state index contributed by atoms with van der Waals surface area (Å²) in [5, 5.41) is 8.50. The minimum Gasteiger partial charge on any atom is -0.490 e. The van der Waals surface area contributed by atoms with E-state index in [1.807, 2.05) is 71.9 Å². The number of carbonyl (C=O) groups is 3. The normalized spacial score (nSPS) is 17.3. The summed E-state index contributed by atoms with van der Waals surface area (Å²) in [7, 11) is -1.41. The third kappa shape index (κ3) is 13.3. The molecule has 2 aromatic rings. The Kier molecular flexibility index (Phi) is 17.2. The molecule has 0 fully saturated rings. The Labute approximate surface area is 340 Å². The van der Waals surface area contributed by atoms with Crippen LogP contribution in [0.1, 0.15) is 81.6 Å². The van der Waals surface area contributed by atoms with Crippen molar-refractivity contribution in [2.75, 3.05) is 7.11 Å². The Morgan fingerprint density at radius 2 is 1.61 bits per heavy atom. The van der Waals surface area contributed by atoms with Gasteiger partial charge >= 0.3 is 5.97 Å². The summed E-state index contributed by atoms with van der Waals surface area (Å²) in [5.41, 5.74) is 0.302. The summed E-state index contributed by atoms with van der Waals surface area (Å²) in [6.45, 7) is 18.1. The predicted octanol–water partition coefficient (Wildman–Crippen LogP) is 8.00. The molecule has 0 spiro atoms. The van der Waals surface area contributed by atoms with E-state index in [0.29, 0.717) is 24.3 Å². The van der Waals surface area contributed by atoms with Gasteiger partial charge in [0.05, 0.1) is 13.2 Å². The number of ether oxygens (including phenoxy) is 2. The first-order valence-electron chi connectivity index (χ1n) is 19.1. The van der Waals surface area contributed by atoms with Crippen molar-refractivity contribution < 1.29 is 28.3 Å². The molecule has 0 radical (unpaired) electrons. The second kappa shape index (κ2) is 21.1. The number of amides is 2. The van der Waals surface area contributed by atoms with E-state index in [-0.39, 0.29) is 34.8 Å². The van der Waals surface area contributed by atoms with Crippen LogP contribution in [0.15, 0.2) is 120 Å². The van der Waals surface area contributed by atoms with Gasteiger partial charge in [-0.15, -0.1) is 0 Å². The van der Waals surface area contributed by atoms with Gasteiger partial charge in [-0.1, -0.05) is 157 Å². The van der Waals surface area contributed by atoms with Gasteiger partial charge in [-0.25, -0.2) is 4.79 Å². The third-order valence-electron chi connectivity index (χ3n) is 9.51. The number of nitrogens with one attached hydrogen (secondary N) is 2.